The second kappa shape index (κ2) is 6.55. The van der Waals surface area contributed by atoms with Crippen molar-refractivity contribution in [3.8, 4) is 0 Å². The number of carbonyl (C=O) groups is 4. The van der Waals surface area contributed by atoms with Crippen molar-refractivity contribution in [3.63, 3.8) is 0 Å². The molecule has 0 saturated carbocycles. The molecule has 126 valence electrons. The van der Waals surface area contributed by atoms with Crippen molar-refractivity contribution in [2.24, 2.45) is 0 Å². The zero-order valence-electron chi connectivity index (χ0n) is 13.0. The summed E-state index contributed by atoms with van der Waals surface area (Å²) < 4.78 is 0. The van der Waals surface area contributed by atoms with E-state index in [0.29, 0.717) is 51.6 Å². The van der Waals surface area contributed by atoms with E-state index in [1.807, 2.05) is 0 Å². The van der Waals surface area contributed by atoms with Gasteiger partial charge in [0.25, 0.3) is 0 Å². The van der Waals surface area contributed by atoms with Crippen LogP contribution in [0.3, 0.4) is 0 Å². The molecule has 0 radical (unpaired) electrons. The van der Waals surface area contributed by atoms with Crippen molar-refractivity contribution >= 4 is 23.6 Å². The number of hydrogen-bond donors (Lipinski definition) is 3. The van der Waals surface area contributed by atoms with E-state index in [1.54, 1.807) is 4.90 Å². The average Bonchev–Trinajstić information content (AvgIpc) is 3.16. The molecule has 0 spiro atoms. The molecule has 3 saturated heterocycles. The summed E-state index contributed by atoms with van der Waals surface area (Å²) in [7, 11) is 0. The Hall–Kier alpha value is -2.12. The van der Waals surface area contributed by atoms with Crippen LogP contribution in [0.1, 0.15) is 38.5 Å². The molecule has 4 amide bonds. The highest BCUT2D eigenvalue weighted by Gasteiger charge is 2.34. The van der Waals surface area contributed by atoms with Crippen molar-refractivity contribution in [1.29, 1.82) is 0 Å². The fourth-order valence-electron chi connectivity index (χ4n) is 3.38. The molecule has 0 aromatic heterocycles. The van der Waals surface area contributed by atoms with Gasteiger partial charge in [-0.1, -0.05) is 0 Å². The third kappa shape index (κ3) is 3.62. The summed E-state index contributed by atoms with van der Waals surface area (Å²) in [4.78, 5) is 48.5. The average molecular weight is 322 g/mol. The summed E-state index contributed by atoms with van der Waals surface area (Å²) in [6, 6.07) is -0.777. The van der Waals surface area contributed by atoms with Gasteiger partial charge < -0.3 is 20.9 Å². The lowest BCUT2D eigenvalue weighted by atomic mass is 10.0. The number of carbonyl (C=O) groups excluding carboxylic acids is 4. The summed E-state index contributed by atoms with van der Waals surface area (Å²) in [5.74, 6) is -0.305. The smallest absolute Gasteiger partial charge is 0.245 e. The molecule has 8 heteroatoms. The lowest BCUT2D eigenvalue weighted by Crippen LogP contribution is -2.53. The topological polar surface area (TPSA) is 108 Å². The first-order valence-corrected chi connectivity index (χ1v) is 8.21. The van der Waals surface area contributed by atoms with Gasteiger partial charge >= 0.3 is 0 Å². The number of nitrogens with zero attached hydrogens (tertiary/aromatic N) is 1. The van der Waals surface area contributed by atoms with Crippen molar-refractivity contribution < 1.29 is 19.2 Å². The summed E-state index contributed by atoms with van der Waals surface area (Å²) in [6.45, 7) is 1.15. The lowest BCUT2D eigenvalue weighted by Gasteiger charge is -2.34. The minimum Gasteiger partial charge on any atom is -0.351 e. The maximum absolute atomic E-state index is 12.3. The number of amides is 4. The van der Waals surface area contributed by atoms with Crippen molar-refractivity contribution in [2.75, 3.05) is 13.1 Å². The quantitative estimate of drug-likeness (QED) is 0.597. The fourth-order valence-corrected chi connectivity index (χ4v) is 3.38. The first kappa shape index (κ1) is 15.8. The minimum atomic E-state index is -0.420. The van der Waals surface area contributed by atoms with Crippen LogP contribution in [-0.4, -0.2) is 59.7 Å². The third-order valence-corrected chi connectivity index (χ3v) is 4.76. The van der Waals surface area contributed by atoms with E-state index in [0.717, 1.165) is 0 Å². The van der Waals surface area contributed by atoms with Crippen LogP contribution in [0.15, 0.2) is 0 Å². The van der Waals surface area contributed by atoms with Gasteiger partial charge in [0.1, 0.15) is 12.1 Å². The van der Waals surface area contributed by atoms with Crippen LogP contribution in [0.5, 0.6) is 0 Å². The van der Waals surface area contributed by atoms with E-state index in [-0.39, 0.29) is 35.7 Å². The molecule has 3 rings (SSSR count). The molecule has 2 atom stereocenters. The van der Waals surface area contributed by atoms with Gasteiger partial charge in [0, 0.05) is 32.0 Å². The Kier molecular flexibility index (Phi) is 4.49. The molecule has 3 fully saturated rings. The molecule has 0 aromatic rings. The van der Waals surface area contributed by atoms with Gasteiger partial charge in [0.05, 0.1) is 0 Å². The Morgan fingerprint density at radius 1 is 0.913 bits per heavy atom. The van der Waals surface area contributed by atoms with E-state index in [1.165, 1.54) is 0 Å². The molecule has 3 aliphatic heterocycles. The molecule has 23 heavy (non-hydrogen) atoms. The number of nitrogens with one attached hydrogen (secondary N) is 3. The number of hydrogen-bond acceptors (Lipinski definition) is 4. The Balaban J connectivity index is 1.43. The Labute approximate surface area is 134 Å². The first-order chi connectivity index (χ1) is 11.0. The van der Waals surface area contributed by atoms with E-state index in [4.69, 9.17) is 0 Å². The maximum Gasteiger partial charge on any atom is 0.245 e. The number of likely N-dealkylation sites (tertiary alicyclic amines) is 1. The molecule has 3 aliphatic rings. The molecular weight excluding hydrogens is 300 g/mol. The molecule has 2 unspecified atom stereocenters. The normalized spacial score (nSPS) is 28.4. The highest BCUT2D eigenvalue weighted by atomic mass is 16.2. The minimum absolute atomic E-state index is 0.0244. The van der Waals surface area contributed by atoms with Crippen LogP contribution in [0.4, 0.5) is 0 Å². The first-order valence-electron chi connectivity index (χ1n) is 8.21. The molecule has 3 N–H and O–H groups in total. The number of piperidine rings is 1. The Bertz CT molecular complexity index is 528. The van der Waals surface area contributed by atoms with Gasteiger partial charge in [-0.25, -0.2) is 0 Å². The van der Waals surface area contributed by atoms with Crippen molar-refractivity contribution in [1.82, 2.24) is 20.9 Å². The molecular formula is C15H22N4O4. The Morgan fingerprint density at radius 3 is 2.00 bits per heavy atom. The summed E-state index contributed by atoms with van der Waals surface area (Å²) in [6.07, 6.45) is 3.31. The maximum atomic E-state index is 12.3. The van der Waals surface area contributed by atoms with Crippen molar-refractivity contribution in [2.45, 2.75) is 56.7 Å². The fraction of sp³-hybridized carbons (Fsp3) is 0.733. The summed E-state index contributed by atoms with van der Waals surface area (Å²) in [5.41, 5.74) is 0. The zero-order chi connectivity index (χ0) is 16.4. The molecule has 0 aliphatic carbocycles. The van der Waals surface area contributed by atoms with Crippen LogP contribution in [0, 0.1) is 0 Å². The van der Waals surface area contributed by atoms with E-state index < -0.39 is 6.04 Å². The zero-order valence-corrected chi connectivity index (χ0v) is 13.0. The third-order valence-electron chi connectivity index (χ3n) is 4.76. The van der Waals surface area contributed by atoms with Gasteiger partial charge in [-0.05, 0) is 25.7 Å². The van der Waals surface area contributed by atoms with Gasteiger partial charge in [-0.3, -0.25) is 19.2 Å². The largest absolute Gasteiger partial charge is 0.351 e. The summed E-state index contributed by atoms with van der Waals surface area (Å²) in [5, 5.41) is 8.31. The van der Waals surface area contributed by atoms with Crippen molar-refractivity contribution in [3.05, 3.63) is 0 Å². The van der Waals surface area contributed by atoms with Gasteiger partial charge in [-0.2, -0.15) is 0 Å². The van der Waals surface area contributed by atoms with Gasteiger partial charge in [-0.15, -0.1) is 0 Å². The van der Waals surface area contributed by atoms with Gasteiger partial charge in [0.15, 0.2) is 0 Å². The van der Waals surface area contributed by atoms with E-state index in [2.05, 4.69) is 16.0 Å². The lowest BCUT2D eigenvalue weighted by molar-refractivity contribution is -0.135. The molecule has 0 aromatic carbocycles. The summed E-state index contributed by atoms with van der Waals surface area (Å²) >= 11 is 0. The second-order valence-corrected chi connectivity index (χ2v) is 6.43. The SMILES string of the molecule is O=C1CCC(C(=O)NC2CCN(C(=O)C3CCC(=O)N3)CC2)N1. The van der Waals surface area contributed by atoms with E-state index >= 15 is 0 Å². The molecule has 0 bridgehead atoms. The van der Waals surface area contributed by atoms with E-state index in [9.17, 15) is 19.2 Å². The van der Waals surface area contributed by atoms with Crippen LogP contribution < -0.4 is 16.0 Å². The monoisotopic (exact) mass is 322 g/mol. The predicted molar refractivity (Wildman–Crippen MR) is 80.1 cm³/mol. The highest BCUT2D eigenvalue weighted by Crippen LogP contribution is 2.16. The standard InChI is InChI=1S/C15H22N4O4/c20-12-3-1-10(17-12)14(22)16-9-5-7-19(8-6-9)15(23)11-2-4-13(21)18-11/h9-11H,1-8H2,(H,16,22)(H,17,20)(H,18,21). The molecule has 8 nitrogen and oxygen atoms in total. The highest BCUT2D eigenvalue weighted by molar-refractivity contribution is 5.91. The number of rotatable bonds is 3. The van der Waals surface area contributed by atoms with Crippen LogP contribution >= 0.6 is 0 Å². The second-order valence-electron chi connectivity index (χ2n) is 6.43. The van der Waals surface area contributed by atoms with Crippen LogP contribution in [0.2, 0.25) is 0 Å². The van der Waals surface area contributed by atoms with Gasteiger partial charge in [0.2, 0.25) is 23.6 Å². The Morgan fingerprint density at radius 2 is 1.48 bits per heavy atom. The van der Waals surface area contributed by atoms with Crippen LogP contribution in [-0.2, 0) is 19.2 Å². The van der Waals surface area contributed by atoms with Crippen LogP contribution in [0.25, 0.3) is 0 Å². The predicted octanol–water partition coefficient (Wildman–Crippen LogP) is -1.35. The molecule has 3 heterocycles.